The summed E-state index contributed by atoms with van der Waals surface area (Å²) in [6.07, 6.45) is -3.17. The maximum absolute atomic E-state index is 13.0. The molecule has 6 nitrogen and oxygen atoms in total. The first-order valence-corrected chi connectivity index (χ1v) is 8.20. The van der Waals surface area contributed by atoms with Gasteiger partial charge in [0.25, 0.3) is 0 Å². The Labute approximate surface area is 173 Å². The minimum Gasteiger partial charge on any atom is -0.492 e. The first-order valence-electron chi connectivity index (χ1n) is 8.20. The third-order valence-electron chi connectivity index (χ3n) is 3.33. The van der Waals surface area contributed by atoms with E-state index in [4.69, 9.17) is 4.74 Å². The Hall–Kier alpha value is -1.98. The van der Waals surface area contributed by atoms with Crippen molar-refractivity contribution in [1.29, 1.82) is 0 Å². The topological polar surface area (TPSA) is 63.5 Å². The molecule has 0 aliphatic carbocycles. The molecule has 0 amide bonds. The number of rotatable bonds is 7. The highest BCUT2D eigenvalue weighted by molar-refractivity contribution is 14.0. The molecule has 27 heavy (non-hydrogen) atoms. The largest absolute Gasteiger partial charge is 0.492 e. The lowest BCUT2D eigenvalue weighted by atomic mass is 10.2. The van der Waals surface area contributed by atoms with Gasteiger partial charge >= 0.3 is 6.18 Å². The van der Waals surface area contributed by atoms with Gasteiger partial charge in [0.2, 0.25) is 0 Å². The fourth-order valence-electron chi connectivity index (χ4n) is 2.25. The van der Waals surface area contributed by atoms with Crippen molar-refractivity contribution in [2.24, 2.45) is 12.0 Å². The highest BCUT2D eigenvalue weighted by atomic mass is 127. The maximum Gasteiger partial charge on any atom is 0.435 e. The first kappa shape index (κ1) is 23.1. The predicted octanol–water partition coefficient (Wildman–Crippen LogP) is 3.19. The molecule has 0 atom stereocenters. The molecule has 150 valence electrons. The standard InChI is InChI=1S/C17H22F3N5O.HI/c1-3-21-16(22-9-10-26-14-7-5-4-6-8-14)23-11-13-12-25(2)24-15(13)17(18,19)20;/h4-8,12H,3,9-11H2,1-2H3,(H2,21,22,23);1H. The summed E-state index contributed by atoms with van der Waals surface area (Å²) in [7, 11) is 1.45. The molecular formula is C17H23F3IN5O. The fourth-order valence-corrected chi connectivity index (χ4v) is 2.25. The quantitative estimate of drug-likeness (QED) is 0.267. The van der Waals surface area contributed by atoms with Crippen LogP contribution in [0.5, 0.6) is 5.75 Å². The van der Waals surface area contributed by atoms with E-state index in [1.807, 2.05) is 37.3 Å². The molecule has 10 heteroatoms. The van der Waals surface area contributed by atoms with Gasteiger partial charge in [-0.3, -0.25) is 4.68 Å². The van der Waals surface area contributed by atoms with Crippen LogP contribution in [-0.2, 0) is 19.8 Å². The molecule has 0 aliphatic rings. The number of guanidine groups is 1. The Morgan fingerprint density at radius 1 is 1.22 bits per heavy atom. The van der Waals surface area contributed by atoms with E-state index < -0.39 is 11.9 Å². The van der Waals surface area contributed by atoms with Crippen LogP contribution < -0.4 is 15.4 Å². The molecular weight excluding hydrogens is 474 g/mol. The molecule has 0 unspecified atom stereocenters. The summed E-state index contributed by atoms with van der Waals surface area (Å²) >= 11 is 0. The lowest BCUT2D eigenvalue weighted by Crippen LogP contribution is -2.39. The van der Waals surface area contributed by atoms with Crippen molar-refractivity contribution in [1.82, 2.24) is 20.4 Å². The van der Waals surface area contributed by atoms with Crippen LogP contribution in [0, 0.1) is 0 Å². The van der Waals surface area contributed by atoms with Gasteiger partial charge in [0.1, 0.15) is 12.4 Å². The zero-order valence-electron chi connectivity index (χ0n) is 15.1. The molecule has 2 N–H and O–H groups in total. The number of benzene rings is 1. The molecule has 1 aromatic heterocycles. The number of aliphatic imine (C=N–C) groups is 1. The van der Waals surface area contributed by atoms with E-state index in [1.165, 1.54) is 13.2 Å². The number of halogens is 4. The van der Waals surface area contributed by atoms with Gasteiger partial charge in [0.05, 0.1) is 13.1 Å². The molecule has 0 aliphatic heterocycles. The Bertz CT molecular complexity index is 719. The van der Waals surface area contributed by atoms with Crippen LogP contribution in [0.2, 0.25) is 0 Å². The monoisotopic (exact) mass is 497 g/mol. The van der Waals surface area contributed by atoms with Gasteiger partial charge in [0.15, 0.2) is 11.7 Å². The summed E-state index contributed by atoms with van der Waals surface area (Å²) in [4.78, 5) is 4.20. The van der Waals surface area contributed by atoms with Crippen molar-refractivity contribution >= 4 is 29.9 Å². The second kappa shape index (κ2) is 11.0. The third kappa shape index (κ3) is 7.65. The average Bonchev–Trinajstić information content (AvgIpc) is 2.98. The summed E-state index contributed by atoms with van der Waals surface area (Å²) in [6.45, 7) is 3.19. The Kier molecular flexibility index (Phi) is 9.39. The highest BCUT2D eigenvalue weighted by Crippen LogP contribution is 2.30. The number of hydrogen-bond donors (Lipinski definition) is 2. The van der Waals surface area contributed by atoms with Crippen LogP contribution >= 0.6 is 24.0 Å². The van der Waals surface area contributed by atoms with Crippen molar-refractivity contribution in [3.63, 3.8) is 0 Å². The summed E-state index contributed by atoms with van der Waals surface area (Å²) in [6, 6.07) is 9.34. The molecule has 0 radical (unpaired) electrons. The van der Waals surface area contributed by atoms with Crippen molar-refractivity contribution in [3.8, 4) is 5.75 Å². The van der Waals surface area contributed by atoms with Gasteiger partial charge in [-0.2, -0.15) is 18.3 Å². The summed E-state index contributed by atoms with van der Waals surface area (Å²) < 4.78 is 45.6. The smallest absolute Gasteiger partial charge is 0.435 e. The molecule has 1 heterocycles. The van der Waals surface area contributed by atoms with Crippen LogP contribution in [0.1, 0.15) is 18.2 Å². The number of ether oxygens (including phenoxy) is 1. The number of alkyl halides is 3. The van der Waals surface area contributed by atoms with Crippen LogP contribution in [0.4, 0.5) is 13.2 Å². The maximum atomic E-state index is 13.0. The fraction of sp³-hybridized carbons (Fsp3) is 0.412. The van der Waals surface area contributed by atoms with Crippen LogP contribution in [0.25, 0.3) is 0 Å². The Morgan fingerprint density at radius 2 is 1.93 bits per heavy atom. The zero-order chi connectivity index (χ0) is 19.0. The van der Waals surface area contributed by atoms with Gasteiger partial charge in [-0.25, -0.2) is 4.99 Å². The van der Waals surface area contributed by atoms with E-state index in [0.29, 0.717) is 25.7 Å². The Morgan fingerprint density at radius 3 is 2.56 bits per heavy atom. The number of nitrogens with zero attached hydrogens (tertiary/aromatic N) is 3. The van der Waals surface area contributed by atoms with E-state index in [9.17, 15) is 13.2 Å². The number of aryl methyl sites for hydroxylation is 1. The van der Waals surface area contributed by atoms with Gasteiger partial charge in [0, 0.05) is 25.4 Å². The minimum absolute atomic E-state index is 0. The third-order valence-corrected chi connectivity index (χ3v) is 3.33. The summed E-state index contributed by atoms with van der Waals surface area (Å²) in [5, 5.41) is 9.50. The van der Waals surface area contributed by atoms with Gasteiger partial charge < -0.3 is 15.4 Å². The second-order valence-electron chi connectivity index (χ2n) is 5.46. The molecule has 2 aromatic rings. The summed E-state index contributed by atoms with van der Waals surface area (Å²) in [5.74, 6) is 1.17. The highest BCUT2D eigenvalue weighted by Gasteiger charge is 2.36. The van der Waals surface area contributed by atoms with Crippen molar-refractivity contribution < 1.29 is 17.9 Å². The number of nitrogens with one attached hydrogen (secondary N) is 2. The summed E-state index contributed by atoms with van der Waals surface area (Å²) in [5.41, 5.74) is -0.884. The van der Waals surface area contributed by atoms with Crippen LogP contribution in [0.3, 0.4) is 0 Å². The normalized spacial score (nSPS) is 11.7. The Balaban J connectivity index is 0.00000364. The molecule has 0 fully saturated rings. The van der Waals surface area contributed by atoms with Crippen molar-refractivity contribution in [2.45, 2.75) is 19.6 Å². The molecule has 1 aromatic carbocycles. The molecule has 0 bridgehead atoms. The molecule has 0 saturated heterocycles. The van der Waals surface area contributed by atoms with Gasteiger partial charge in [-0.05, 0) is 19.1 Å². The SMILES string of the molecule is CCNC(=NCc1cn(C)nc1C(F)(F)F)NCCOc1ccccc1.I. The van der Waals surface area contributed by atoms with E-state index in [1.54, 1.807) is 0 Å². The molecule has 0 saturated carbocycles. The van der Waals surface area contributed by atoms with E-state index in [2.05, 4.69) is 20.7 Å². The molecule has 2 rings (SSSR count). The second-order valence-corrected chi connectivity index (χ2v) is 5.46. The van der Waals surface area contributed by atoms with Gasteiger partial charge in [-0.1, -0.05) is 18.2 Å². The van der Waals surface area contributed by atoms with Gasteiger partial charge in [-0.15, -0.1) is 24.0 Å². The lowest BCUT2D eigenvalue weighted by molar-refractivity contribution is -0.142. The van der Waals surface area contributed by atoms with Crippen LogP contribution in [-0.4, -0.2) is 35.4 Å². The first-order chi connectivity index (χ1) is 12.4. The van der Waals surface area contributed by atoms with E-state index in [-0.39, 0.29) is 36.1 Å². The zero-order valence-corrected chi connectivity index (χ0v) is 17.4. The van der Waals surface area contributed by atoms with Crippen molar-refractivity contribution in [3.05, 3.63) is 47.8 Å². The number of hydrogen-bond acceptors (Lipinski definition) is 3. The number of para-hydroxylation sites is 1. The lowest BCUT2D eigenvalue weighted by Gasteiger charge is -2.12. The number of aromatic nitrogens is 2. The molecule has 0 spiro atoms. The van der Waals surface area contributed by atoms with Crippen LogP contribution in [0.15, 0.2) is 41.5 Å². The van der Waals surface area contributed by atoms with E-state index in [0.717, 1.165) is 10.4 Å². The van der Waals surface area contributed by atoms with Crippen molar-refractivity contribution in [2.75, 3.05) is 19.7 Å². The predicted molar refractivity (Wildman–Crippen MR) is 108 cm³/mol. The van der Waals surface area contributed by atoms with E-state index >= 15 is 0 Å². The average molecular weight is 497 g/mol. The minimum atomic E-state index is -4.50.